The SMILES string of the molecule is Cc1cccc(NC(=O)CSCC(=O)Oc2c(C)ccc(C)c2C)c1. The minimum absolute atomic E-state index is 0.133. The molecule has 0 bridgehead atoms. The largest absolute Gasteiger partial charge is 0.425 e. The van der Waals surface area contributed by atoms with Crippen molar-refractivity contribution in [3.8, 4) is 5.75 Å². The maximum atomic E-state index is 12.0. The third-order valence-corrected chi connectivity index (χ3v) is 4.75. The van der Waals surface area contributed by atoms with Gasteiger partial charge in [-0.2, -0.15) is 0 Å². The van der Waals surface area contributed by atoms with Gasteiger partial charge in [0.05, 0.1) is 11.5 Å². The van der Waals surface area contributed by atoms with Crippen LogP contribution in [0.15, 0.2) is 36.4 Å². The second-order valence-electron chi connectivity index (χ2n) is 6.04. The van der Waals surface area contributed by atoms with E-state index >= 15 is 0 Å². The zero-order chi connectivity index (χ0) is 18.4. The van der Waals surface area contributed by atoms with E-state index in [0.29, 0.717) is 5.75 Å². The van der Waals surface area contributed by atoms with Crippen molar-refractivity contribution in [3.63, 3.8) is 0 Å². The van der Waals surface area contributed by atoms with Gasteiger partial charge in [0.2, 0.25) is 5.91 Å². The van der Waals surface area contributed by atoms with Crippen LogP contribution in [0.2, 0.25) is 0 Å². The Morgan fingerprint density at radius 1 is 1.00 bits per heavy atom. The highest BCUT2D eigenvalue weighted by molar-refractivity contribution is 8.00. The average Bonchev–Trinajstić information content (AvgIpc) is 2.55. The monoisotopic (exact) mass is 357 g/mol. The summed E-state index contributed by atoms with van der Waals surface area (Å²) in [5.41, 5.74) is 4.82. The zero-order valence-electron chi connectivity index (χ0n) is 15.0. The van der Waals surface area contributed by atoms with Gasteiger partial charge >= 0.3 is 5.97 Å². The van der Waals surface area contributed by atoms with E-state index in [0.717, 1.165) is 27.9 Å². The fourth-order valence-electron chi connectivity index (χ4n) is 2.37. The van der Waals surface area contributed by atoms with Crippen LogP contribution in [0.5, 0.6) is 5.75 Å². The maximum absolute atomic E-state index is 12.0. The van der Waals surface area contributed by atoms with E-state index < -0.39 is 0 Å². The molecule has 2 rings (SSSR count). The summed E-state index contributed by atoms with van der Waals surface area (Å²) in [6, 6.07) is 11.5. The van der Waals surface area contributed by atoms with Crippen molar-refractivity contribution in [2.45, 2.75) is 27.7 Å². The van der Waals surface area contributed by atoms with Crippen LogP contribution < -0.4 is 10.1 Å². The topological polar surface area (TPSA) is 55.4 Å². The Hall–Kier alpha value is -2.27. The van der Waals surface area contributed by atoms with E-state index in [9.17, 15) is 9.59 Å². The van der Waals surface area contributed by atoms with Gasteiger partial charge in [-0.1, -0.05) is 24.3 Å². The van der Waals surface area contributed by atoms with Gasteiger partial charge in [-0.25, -0.2) is 0 Å². The van der Waals surface area contributed by atoms with Crippen molar-refractivity contribution in [1.29, 1.82) is 0 Å². The predicted molar refractivity (Wildman–Crippen MR) is 103 cm³/mol. The normalized spacial score (nSPS) is 10.4. The predicted octanol–water partition coefficient (Wildman–Crippen LogP) is 4.20. The lowest BCUT2D eigenvalue weighted by atomic mass is 10.1. The van der Waals surface area contributed by atoms with E-state index in [1.807, 2.05) is 64.1 Å². The Morgan fingerprint density at radius 3 is 2.44 bits per heavy atom. The molecule has 1 amide bonds. The van der Waals surface area contributed by atoms with Crippen LogP contribution >= 0.6 is 11.8 Å². The molecule has 2 aromatic carbocycles. The van der Waals surface area contributed by atoms with Gasteiger partial charge in [0.15, 0.2) is 0 Å². The fraction of sp³-hybridized carbons (Fsp3) is 0.300. The molecule has 0 spiro atoms. The molecule has 0 saturated carbocycles. The van der Waals surface area contributed by atoms with Gasteiger partial charge in [-0.05, 0) is 62.1 Å². The first-order chi connectivity index (χ1) is 11.9. The third kappa shape index (κ3) is 5.64. The molecule has 0 aromatic heterocycles. The summed E-state index contributed by atoms with van der Waals surface area (Å²) >= 11 is 1.24. The number of carbonyl (C=O) groups is 2. The van der Waals surface area contributed by atoms with Gasteiger partial charge < -0.3 is 10.1 Å². The van der Waals surface area contributed by atoms with Crippen molar-refractivity contribution >= 4 is 29.3 Å². The number of rotatable bonds is 6. The number of hydrogen-bond donors (Lipinski definition) is 1. The number of esters is 1. The number of anilines is 1. The van der Waals surface area contributed by atoms with E-state index in [2.05, 4.69) is 5.32 Å². The first kappa shape index (κ1) is 19.1. The molecule has 0 atom stereocenters. The first-order valence-corrected chi connectivity index (χ1v) is 9.24. The van der Waals surface area contributed by atoms with Crippen LogP contribution in [-0.4, -0.2) is 23.4 Å². The Labute approximate surface area is 153 Å². The molecule has 4 nitrogen and oxygen atoms in total. The molecular formula is C20H23NO3S. The second-order valence-corrected chi connectivity index (χ2v) is 7.02. The lowest BCUT2D eigenvalue weighted by Crippen LogP contribution is -2.17. The molecule has 0 radical (unpaired) electrons. The molecule has 0 saturated heterocycles. The van der Waals surface area contributed by atoms with E-state index in [4.69, 9.17) is 4.74 Å². The number of nitrogens with one attached hydrogen (secondary N) is 1. The van der Waals surface area contributed by atoms with Crippen molar-refractivity contribution in [3.05, 3.63) is 58.7 Å². The van der Waals surface area contributed by atoms with E-state index in [1.54, 1.807) is 0 Å². The number of benzene rings is 2. The van der Waals surface area contributed by atoms with Crippen LogP contribution in [-0.2, 0) is 9.59 Å². The van der Waals surface area contributed by atoms with E-state index in [-0.39, 0.29) is 23.4 Å². The summed E-state index contributed by atoms with van der Waals surface area (Å²) in [6.07, 6.45) is 0. The standard InChI is InChI=1S/C20H23NO3S/c1-13-6-5-7-17(10-13)21-18(22)11-25-12-19(23)24-20-15(3)9-8-14(2)16(20)4/h5-10H,11-12H2,1-4H3,(H,21,22). The molecule has 2 aromatic rings. The van der Waals surface area contributed by atoms with Crippen molar-refractivity contribution in [1.82, 2.24) is 0 Å². The Bertz CT molecular complexity index is 787. The van der Waals surface area contributed by atoms with Crippen molar-refractivity contribution in [2.75, 3.05) is 16.8 Å². The fourth-order valence-corrected chi connectivity index (χ4v) is 2.96. The van der Waals surface area contributed by atoms with Gasteiger partial charge in [-0.3, -0.25) is 9.59 Å². The highest BCUT2D eigenvalue weighted by atomic mass is 32.2. The summed E-state index contributed by atoms with van der Waals surface area (Å²) < 4.78 is 5.48. The van der Waals surface area contributed by atoms with Gasteiger partial charge in [0.25, 0.3) is 0 Å². The zero-order valence-corrected chi connectivity index (χ0v) is 15.8. The molecule has 0 unspecified atom stereocenters. The van der Waals surface area contributed by atoms with Crippen LogP contribution in [0, 0.1) is 27.7 Å². The summed E-state index contributed by atoms with van der Waals surface area (Å²) in [7, 11) is 0. The number of carbonyl (C=O) groups excluding carboxylic acids is 2. The lowest BCUT2D eigenvalue weighted by Gasteiger charge is -2.12. The average molecular weight is 357 g/mol. The molecule has 0 aliphatic rings. The molecule has 132 valence electrons. The summed E-state index contributed by atoms with van der Waals surface area (Å²) in [5, 5.41) is 2.82. The van der Waals surface area contributed by atoms with E-state index in [1.165, 1.54) is 11.8 Å². The van der Waals surface area contributed by atoms with Gasteiger partial charge in [0, 0.05) is 5.69 Å². The smallest absolute Gasteiger partial charge is 0.321 e. The molecule has 0 fully saturated rings. The Morgan fingerprint density at radius 2 is 1.72 bits per heavy atom. The number of amides is 1. The second kappa shape index (κ2) is 8.72. The third-order valence-electron chi connectivity index (χ3n) is 3.84. The summed E-state index contributed by atoms with van der Waals surface area (Å²) in [6.45, 7) is 7.80. The summed E-state index contributed by atoms with van der Waals surface area (Å²) in [4.78, 5) is 24.0. The summed E-state index contributed by atoms with van der Waals surface area (Å²) in [5.74, 6) is 0.481. The first-order valence-electron chi connectivity index (χ1n) is 8.08. The van der Waals surface area contributed by atoms with Crippen LogP contribution in [0.4, 0.5) is 5.69 Å². The van der Waals surface area contributed by atoms with Crippen LogP contribution in [0.1, 0.15) is 22.3 Å². The van der Waals surface area contributed by atoms with Crippen LogP contribution in [0.25, 0.3) is 0 Å². The molecular weight excluding hydrogens is 334 g/mol. The quantitative estimate of drug-likeness (QED) is 0.622. The van der Waals surface area contributed by atoms with Crippen LogP contribution in [0.3, 0.4) is 0 Å². The molecule has 5 heteroatoms. The number of hydrogen-bond acceptors (Lipinski definition) is 4. The maximum Gasteiger partial charge on any atom is 0.321 e. The minimum atomic E-state index is -0.342. The van der Waals surface area contributed by atoms with Gasteiger partial charge in [0.1, 0.15) is 5.75 Å². The number of ether oxygens (including phenoxy) is 1. The molecule has 0 aliphatic heterocycles. The van der Waals surface area contributed by atoms with Gasteiger partial charge in [-0.15, -0.1) is 11.8 Å². The minimum Gasteiger partial charge on any atom is -0.425 e. The van der Waals surface area contributed by atoms with Crippen molar-refractivity contribution < 1.29 is 14.3 Å². The number of aryl methyl sites for hydroxylation is 3. The number of thioether (sulfide) groups is 1. The molecule has 0 heterocycles. The Kier molecular flexibility index (Phi) is 6.65. The van der Waals surface area contributed by atoms with Crippen molar-refractivity contribution in [2.24, 2.45) is 0 Å². The highest BCUT2D eigenvalue weighted by Crippen LogP contribution is 2.26. The lowest BCUT2D eigenvalue weighted by molar-refractivity contribution is -0.131. The highest BCUT2D eigenvalue weighted by Gasteiger charge is 2.12. The molecule has 25 heavy (non-hydrogen) atoms. The Balaban J connectivity index is 1.81. The molecule has 0 aliphatic carbocycles. The molecule has 1 N–H and O–H groups in total.